The predicted molar refractivity (Wildman–Crippen MR) is 78.4 cm³/mol. The van der Waals surface area contributed by atoms with Crippen molar-refractivity contribution in [2.75, 3.05) is 26.3 Å². The van der Waals surface area contributed by atoms with Gasteiger partial charge >= 0.3 is 0 Å². The molecule has 1 amide bonds. The number of amides is 1. The Labute approximate surface area is 130 Å². The van der Waals surface area contributed by atoms with Crippen molar-refractivity contribution in [3.8, 4) is 11.4 Å². The number of rotatable bonds is 3. The van der Waals surface area contributed by atoms with Crippen LogP contribution >= 0.6 is 15.9 Å². The molecule has 1 saturated heterocycles. The predicted octanol–water partition coefficient (Wildman–Crippen LogP) is 0.961. The average molecular weight is 352 g/mol. The second kappa shape index (κ2) is 6.31. The summed E-state index contributed by atoms with van der Waals surface area (Å²) < 4.78 is 7.75. The quantitative estimate of drug-likeness (QED) is 0.823. The summed E-state index contributed by atoms with van der Waals surface area (Å²) in [6.45, 7) is 2.55. The van der Waals surface area contributed by atoms with Crippen LogP contribution in [0.15, 0.2) is 28.7 Å². The number of hydrogen-bond acceptors (Lipinski definition) is 5. The molecule has 2 heterocycles. The molecule has 1 fully saturated rings. The zero-order valence-electron chi connectivity index (χ0n) is 11.3. The lowest BCUT2D eigenvalue weighted by Gasteiger charge is -2.26. The van der Waals surface area contributed by atoms with Gasteiger partial charge in [0, 0.05) is 23.1 Å². The molecule has 110 valence electrons. The van der Waals surface area contributed by atoms with E-state index in [9.17, 15) is 4.79 Å². The first kappa shape index (κ1) is 14.2. The molecule has 0 bridgehead atoms. The van der Waals surface area contributed by atoms with Crippen LogP contribution in [0.4, 0.5) is 0 Å². The fourth-order valence-corrected chi connectivity index (χ4v) is 2.42. The maximum Gasteiger partial charge on any atom is 0.244 e. The maximum absolute atomic E-state index is 12.2. The Balaban J connectivity index is 1.76. The summed E-state index contributed by atoms with van der Waals surface area (Å²) in [6, 6.07) is 7.65. The van der Waals surface area contributed by atoms with Crippen molar-refractivity contribution >= 4 is 21.8 Å². The van der Waals surface area contributed by atoms with Gasteiger partial charge in [0.05, 0.1) is 13.2 Å². The Morgan fingerprint density at radius 2 is 1.95 bits per heavy atom. The number of tetrazole rings is 1. The number of ether oxygens (including phenoxy) is 1. The van der Waals surface area contributed by atoms with Gasteiger partial charge in [-0.1, -0.05) is 28.1 Å². The van der Waals surface area contributed by atoms with Crippen LogP contribution in [0.1, 0.15) is 0 Å². The van der Waals surface area contributed by atoms with Gasteiger partial charge in [-0.05, 0) is 22.6 Å². The van der Waals surface area contributed by atoms with Crippen molar-refractivity contribution in [1.82, 2.24) is 25.1 Å². The number of hydrogen-bond donors (Lipinski definition) is 0. The maximum atomic E-state index is 12.2. The number of morpholine rings is 1. The van der Waals surface area contributed by atoms with Crippen LogP contribution < -0.4 is 0 Å². The molecule has 2 aromatic rings. The van der Waals surface area contributed by atoms with Gasteiger partial charge < -0.3 is 9.64 Å². The number of carbonyl (C=O) groups excluding carboxylic acids is 1. The van der Waals surface area contributed by atoms with Gasteiger partial charge in [-0.3, -0.25) is 4.79 Å². The molecule has 3 rings (SSSR count). The molecule has 0 radical (unpaired) electrons. The molecule has 0 unspecified atom stereocenters. The van der Waals surface area contributed by atoms with Crippen molar-refractivity contribution in [3.05, 3.63) is 28.7 Å². The van der Waals surface area contributed by atoms with Crippen molar-refractivity contribution in [3.63, 3.8) is 0 Å². The summed E-state index contributed by atoms with van der Waals surface area (Å²) in [5.41, 5.74) is 0.873. The van der Waals surface area contributed by atoms with Crippen molar-refractivity contribution < 1.29 is 9.53 Å². The van der Waals surface area contributed by atoms with Crippen LogP contribution in [0.2, 0.25) is 0 Å². The van der Waals surface area contributed by atoms with Crippen LogP contribution in [-0.4, -0.2) is 57.3 Å². The summed E-state index contributed by atoms with van der Waals surface area (Å²) in [6.07, 6.45) is 0. The molecule has 21 heavy (non-hydrogen) atoms. The SMILES string of the molecule is O=C(Cn1nnnc1-c1ccc(Br)cc1)N1CCOCC1. The van der Waals surface area contributed by atoms with E-state index in [4.69, 9.17) is 4.74 Å². The number of carbonyl (C=O) groups is 1. The summed E-state index contributed by atoms with van der Waals surface area (Å²) >= 11 is 3.39. The minimum Gasteiger partial charge on any atom is -0.378 e. The molecule has 0 spiro atoms. The fourth-order valence-electron chi connectivity index (χ4n) is 2.16. The van der Waals surface area contributed by atoms with Gasteiger partial charge in [-0.2, -0.15) is 0 Å². The second-order valence-corrected chi connectivity index (χ2v) is 5.58. The lowest BCUT2D eigenvalue weighted by atomic mass is 10.2. The van der Waals surface area contributed by atoms with Gasteiger partial charge in [-0.25, -0.2) is 4.68 Å². The van der Waals surface area contributed by atoms with Crippen molar-refractivity contribution in [1.29, 1.82) is 0 Å². The number of nitrogens with zero attached hydrogens (tertiary/aromatic N) is 5. The largest absolute Gasteiger partial charge is 0.378 e. The minimum absolute atomic E-state index is 0.00367. The molecular formula is C13H14BrN5O2. The molecule has 0 N–H and O–H groups in total. The van der Waals surface area contributed by atoms with E-state index in [-0.39, 0.29) is 12.5 Å². The van der Waals surface area contributed by atoms with E-state index in [2.05, 4.69) is 31.5 Å². The Morgan fingerprint density at radius 3 is 2.67 bits per heavy atom. The van der Waals surface area contributed by atoms with Crippen molar-refractivity contribution in [2.45, 2.75) is 6.54 Å². The average Bonchev–Trinajstić information content (AvgIpc) is 2.97. The highest BCUT2D eigenvalue weighted by Gasteiger charge is 2.19. The van der Waals surface area contributed by atoms with Crippen LogP contribution in [0.3, 0.4) is 0 Å². The molecular weight excluding hydrogens is 338 g/mol. The number of halogens is 1. The van der Waals surface area contributed by atoms with Crippen LogP contribution in [0.5, 0.6) is 0 Å². The Bertz CT molecular complexity index is 622. The van der Waals surface area contributed by atoms with E-state index >= 15 is 0 Å². The van der Waals surface area contributed by atoms with Crippen LogP contribution in [0, 0.1) is 0 Å². The standard InChI is InChI=1S/C13H14BrN5O2/c14-11-3-1-10(2-4-11)13-15-16-17-19(13)9-12(20)18-5-7-21-8-6-18/h1-4H,5-9H2. The monoisotopic (exact) mass is 351 g/mol. The van der Waals surface area contributed by atoms with E-state index in [1.165, 1.54) is 4.68 Å². The summed E-state index contributed by atoms with van der Waals surface area (Å²) in [5.74, 6) is 0.591. The van der Waals surface area contributed by atoms with Crippen LogP contribution in [0.25, 0.3) is 11.4 Å². The third kappa shape index (κ3) is 3.27. The summed E-state index contributed by atoms with van der Waals surface area (Å²) in [4.78, 5) is 14.0. The highest BCUT2D eigenvalue weighted by molar-refractivity contribution is 9.10. The Hall–Kier alpha value is -1.80. The second-order valence-electron chi connectivity index (χ2n) is 4.66. The first-order valence-electron chi connectivity index (χ1n) is 6.61. The fraction of sp³-hybridized carbons (Fsp3) is 0.385. The molecule has 1 aliphatic heterocycles. The van der Waals surface area contributed by atoms with Crippen molar-refractivity contribution in [2.24, 2.45) is 0 Å². The van der Waals surface area contributed by atoms with Gasteiger partial charge in [-0.15, -0.1) is 5.10 Å². The summed E-state index contributed by atoms with van der Waals surface area (Å²) in [5, 5.41) is 11.6. The molecule has 1 aromatic heterocycles. The zero-order chi connectivity index (χ0) is 14.7. The third-order valence-corrected chi connectivity index (χ3v) is 3.81. The smallest absolute Gasteiger partial charge is 0.244 e. The molecule has 1 aliphatic rings. The van der Waals surface area contributed by atoms with Gasteiger partial charge in [0.15, 0.2) is 5.82 Å². The van der Waals surface area contributed by atoms with Gasteiger partial charge in [0.1, 0.15) is 6.54 Å². The Morgan fingerprint density at radius 1 is 1.24 bits per heavy atom. The molecule has 7 nitrogen and oxygen atoms in total. The van der Waals surface area contributed by atoms with E-state index in [1.54, 1.807) is 4.90 Å². The van der Waals surface area contributed by atoms with E-state index in [1.807, 2.05) is 24.3 Å². The lowest BCUT2D eigenvalue weighted by molar-refractivity contribution is -0.136. The molecule has 0 aliphatic carbocycles. The first-order valence-corrected chi connectivity index (χ1v) is 7.41. The van der Waals surface area contributed by atoms with Gasteiger partial charge in [0.2, 0.25) is 5.91 Å². The minimum atomic E-state index is 0.00367. The van der Waals surface area contributed by atoms with E-state index < -0.39 is 0 Å². The molecule has 8 heteroatoms. The van der Waals surface area contributed by atoms with E-state index in [0.717, 1.165) is 10.0 Å². The highest BCUT2D eigenvalue weighted by atomic mass is 79.9. The normalized spacial score (nSPS) is 15.2. The third-order valence-electron chi connectivity index (χ3n) is 3.28. The Kier molecular flexibility index (Phi) is 4.26. The molecule has 1 aromatic carbocycles. The first-order chi connectivity index (χ1) is 10.2. The number of aromatic nitrogens is 4. The molecule has 0 saturated carbocycles. The number of benzene rings is 1. The van der Waals surface area contributed by atoms with E-state index in [0.29, 0.717) is 32.1 Å². The highest BCUT2D eigenvalue weighted by Crippen LogP contribution is 2.19. The van der Waals surface area contributed by atoms with Crippen LogP contribution in [-0.2, 0) is 16.1 Å². The topological polar surface area (TPSA) is 73.1 Å². The van der Waals surface area contributed by atoms with Gasteiger partial charge in [0.25, 0.3) is 0 Å². The summed E-state index contributed by atoms with van der Waals surface area (Å²) in [7, 11) is 0. The lowest BCUT2D eigenvalue weighted by Crippen LogP contribution is -2.42. The molecule has 0 atom stereocenters. The zero-order valence-corrected chi connectivity index (χ0v) is 12.9.